The summed E-state index contributed by atoms with van der Waals surface area (Å²) in [6.07, 6.45) is 5.29. The van der Waals surface area contributed by atoms with Crippen LogP contribution in [0.2, 0.25) is 0 Å². The molecule has 1 N–H and O–H groups in total. The summed E-state index contributed by atoms with van der Waals surface area (Å²) in [5.41, 5.74) is 2.47. The molecule has 0 aromatic heterocycles. The van der Waals surface area contributed by atoms with Crippen molar-refractivity contribution in [2.45, 2.75) is 52.9 Å². The van der Waals surface area contributed by atoms with E-state index in [2.05, 4.69) is 26.3 Å². The molecular formula is C12H23NO2. The average Bonchev–Trinajstić information content (AvgIpc) is 2.66. The molecule has 0 unspecified atom stereocenters. The van der Waals surface area contributed by atoms with Gasteiger partial charge in [-0.05, 0) is 25.2 Å². The van der Waals surface area contributed by atoms with Gasteiger partial charge in [0.15, 0.2) is 0 Å². The van der Waals surface area contributed by atoms with Gasteiger partial charge >= 0.3 is 0 Å². The van der Waals surface area contributed by atoms with E-state index >= 15 is 0 Å². The summed E-state index contributed by atoms with van der Waals surface area (Å²) in [6.45, 7) is 6.81. The van der Waals surface area contributed by atoms with Crippen molar-refractivity contribution in [2.24, 2.45) is 11.3 Å². The fourth-order valence-electron chi connectivity index (χ4n) is 2.18. The minimum Gasteiger partial charge on any atom is -0.273 e. The number of nitrogens with one attached hydrogen (secondary N) is 1. The molecule has 0 aliphatic heterocycles. The number of rotatable bonds is 5. The van der Waals surface area contributed by atoms with Gasteiger partial charge in [0.2, 0.25) is 5.91 Å². The second kappa shape index (κ2) is 5.50. The van der Waals surface area contributed by atoms with Crippen molar-refractivity contribution in [3.8, 4) is 0 Å². The van der Waals surface area contributed by atoms with Gasteiger partial charge in [0.05, 0.1) is 12.0 Å². The van der Waals surface area contributed by atoms with Crippen LogP contribution in [-0.2, 0) is 9.63 Å². The molecule has 15 heavy (non-hydrogen) atoms. The van der Waals surface area contributed by atoms with Gasteiger partial charge in [-0.2, -0.15) is 0 Å². The maximum absolute atomic E-state index is 11.9. The van der Waals surface area contributed by atoms with E-state index in [9.17, 15) is 4.79 Å². The summed E-state index contributed by atoms with van der Waals surface area (Å²) in [6, 6.07) is 0. The minimum absolute atomic E-state index is 0.0863. The lowest BCUT2D eigenvalue weighted by Crippen LogP contribution is -2.39. The molecule has 0 spiro atoms. The fourth-order valence-corrected chi connectivity index (χ4v) is 2.18. The quantitative estimate of drug-likeness (QED) is 0.713. The van der Waals surface area contributed by atoms with Crippen LogP contribution < -0.4 is 5.48 Å². The number of hydrogen-bond acceptors (Lipinski definition) is 2. The number of amides is 1. The Morgan fingerprint density at radius 2 is 2.00 bits per heavy atom. The highest BCUT2D eigenvalue weighted by atomic mass is 16.7. The molecule has 1 aliphatic rings. The molecule has 1 amide bonds. The van der Waals surface area contributed by atoms with Crippen LogP contribution in [-0.4, -0.2) is 12.5 Å². The van der Waals surface area contributed by atoms with Gasteiger partial charge in [0.25, 0.3) is 0 Å². The summed E-state index contributed by atoms with van der Waals surface area (Å²) in [5, 5.41) is 0. The van der Waals surface area contributed by atoms with Crippen molar-refractivity contribution in [3.05, 3.63) is 0 Å². The zero-order chi connectivity index (χ0) is 11.3. The van der Waals surface area contributed by atoms with Gasteiger partial charge in [-0.3, -0.25) is 9.63 Å². The van der Waals surface area contributed by atoms with Crippen LogP contribution >= 0.6 is 0 Å². The van der Waals surface area contributed by atoms with E-state index in [0.717, 1.165) is 19.3 Å². The highest BCUT2D eigenvalue weighted by Gasteiger charge is 2.39. The van der Waals surface area contributed by atoms with E-state index in [1.165, 1.54) is 12.8 Å². The Bertz CT molecular complexity index is 208. The molecule has 3 nitrogen and oxygen atoms in total. The zero-order valence-corrected chi connectivity index (χ0v) is 10.1. The molecule has 1 fully saturated rings. The Morgan fingerprint density at radius 1 is 1.40 bits per heavy atom. The molecule has 88 valence electrons. The smallest absolute Gasteiger partial charge is 0.249 e. The molecule has 0 radical (unpaired) electrons. The van der Waals surface area contributed by atoms with Crippen molar-refractivity contribution in [3.63, 3.8) is 0 Å². The van der Waals surface area contributed by atoms with E-state index in [1.807, 2.05) is 0 Å². The number of carbonyl (C=O) groups excluding carboxylic acids is 1. The third-order valence-electron chi connectivity index (χ3n) is 3.30. The van der Waals surface area contributed by atoms with Gasteiger partial charge in [-0.1, -0.05) is 33.6 Å². The van der Waals surface area contributed by atoms with Gasteiger partial charge < -0.3 is 0 Å². The van der Waals surface area contributed by atoms with Crippen molar-refractivity contribution < 1.29 is 9.63 Å². The Kier molecular flexibility index (Phi) is 4.58. The van der Waals surface area contributed by atoms with E-state index in [0.29, 0.717) is 12.5 Å². The summed E-state index contributed by atoms with van der Waals surface area (Å²) in [5.74, 6) is 0.537. The molecule has 0 aromatic carbocycles. The second-order valence-corrected chi connectivity index (χ2v) is 4.98. The average molecular weight is 213 g/mol. The van der Waals surface area contributed by atoms with Crippen LogP contribution in [0.15, 0.2) is 0 Å². The normalized spacial score (nSPS) is 19.5. The Balaban J connectivity index is 2.37. The Morgan fingerprint density at radius 3 is 2.47 bits per heavy atom. The zero-order valence-electron chi connectivity index (χ0n) is 10.1. The molecule has 0 atom stereocenters. The highest BCUT2D eigenvalue weighted by molar-refractivity contribution is 5.81. The SMILES string of the molecule is CCC1(C(=O)NOCC(C)C)CCCC1. The van der Waals surface area contributed by atoms with Crippen molar-refractivity contribution in [1.82, 2.24) is 5.48 Å². The van der Waals surface area contributed by atoms with Crippen LogP contribution in [0.3, 0.4) is 0 Å². The van der Waals surface area contributed by atoms with Crippen LogP contribution in [0.4, 0.5) is 0 Å². The van der Waals surface area contributed by atoms with E-state index in [-0.39, 0.29) is 11.3 Å². The first-order valence-electron chi connectivity index (χ1n) is 6.03. The van der Waals surface area contributed by atoms with Gasteiger partial charge in [0, 0.05) is 0 Å². The molecule has 1 saturated carbocycles. The van der Waals surface area contributed by atoms with E-state index in [4.69, 9.17) is 4.84 Å². The largest absolute Gasteiger partial charge is 0.273 e. The lowest BCUT2D eigenvalue weighted by Gasteiger charge is -2.25. The Hall–Kier alpha value is -0.570. The monoisotopic (exact) mass is 213 g/mol. The van der Waals surface area contributed by atoms with Crippen LogP contribution in [0, 0.1) is 11.3 Å². The highest BCUT2D eigenvalue weighted by Crippen LogP contribution is 2.40. The van der Waals surface area contributed by atoms with Crippen LogP contribution in [0.5, 0.6) is 0 Å². The summed E-state index contributed by atoms with van der Waals surface area (Å²) in [7, 11) is 0. The van der Waals surface area contributed by atoms with Crippen LogP contribution in [0.1, 0.15) is 52.9 Å². The molecule has 0 heterocycles. The molecule has 0 saturated heterocycles. The van der Waals surface area contributed by atoms with E-state index in [1.54, 1.807) is 0 Å². The number of hydrogen-bond donors (Lipinski definition) is 1. The predicted molar refractivity (Wildman–Crippen MR) is 60.1 cm³/mol. The van der Waals surface area contributed by atoms with Crippen LogP contribution in [0.25, 0.3) is 0 Å². The standard InChI is InChI=1S/C12H23NO2/c1-4-12(7-5-6-8-12)11(14)13-15-9-10(2)3/h10H,4-9H2,1-3H3,(H,13,14). The second-order valence-electron chi connectivity index (χ2n) is 4.98. The van der Waals surface area contributed by atoms with Gasteiger partial charge in [-0.25, -0.2) is 5.48 Å². The Labute approximate surface area is 92.5 Å². The molecule has 0 aromatic rings. The number of carbonyl (C=O) groups is 1. The molecule has 0 bridgehead atoms. The third kappa shape index (κ3) is 3.20. The van der Waals surface area contributed by atoms with E-state index < -0.39 is 0 Å². The van der Waals surface area contributed by atoms with Crippen molar-refractivity contribution >= 4 is 5.91 Å². The minimum atomic E-state index is -0.142. The first kappa shape index (κ1) is 12.5. The summed E-state index contributed by atoms with van der Waals surface area (Å²) in [4.78, 5) is 17.1. The van der Waals surface area contributed by atoms with Gasteiger partial charge in [-0.15, -0.1) is 0 Å². The number of hydroxylamine groups is 1. The lowest BCUT2D eigenvalue weighted by atomic mass is 9.83. The predicted octanol–water partition coefficient (Wildman–Crippen LogP) is 2.66. The molecule has 3 heteroatoms. The molecule has 1 aliphatic carbocycles. The maximum atomic E-state index is 11.9. The molecular weight excluding hydrogens is 190 g/mol. The summed E-state index contributed by atoms with van der Waals surface area (Å²) < 4.78 is 0. The fraction of sp³-hybridized carbons (Fsp3) is 0.917. The van der Waals surface area contributed by atoms with Crippen molar-refractivity contribution in [2.75, 3.05) is 6.61 Å². The first-order valence-corrected chi connectivity index (χ1v) is 6.03. The summed E-state index contributed by atoms with van der Waals surface area (Å²) >= 11 is 0. The lowest BCUT2D eigenvalue weighted by molar-refractivity contribution is -0.145. The maximum Gasteiger partial charge on any atom is 0.249 e. The topological polar surface area (TPSA) is 38.3 Å². The van der Waals surface area contributed by atoms with Crippen molar-refractivity contribution in [1.29, 1.82) is 0 Å². The first-order chi connectivity index (χ1) is 7.10. The third-order valence-corrected chi connectivity index (χ3v) is 3.30. The van der Waals surface area contributed by atoms with Gasteiger partial charge in [0.1, 0.15) is 0 Å². The molecule has 1 rings (SSSR count).